The minimum absolute atomic E-state index is 0.664. The van der Waals surface area contributed by atoms with Gasteiger partial charge < -0.3 is 13.4 Å². The van der Waals surface area contributed by atoms with E-state index in [4.69, 9.17) is 14.4 Å². The molecular weight excluding hydrogens is 673 g/mol. The van der Waals surface area contributed by atoms with E-state index in [0.717, 1.165) is 39.0 Å². The van der Waals surface area contributed by atoms with E-state index in [-0.39, 0.29) is 0 Å². The molecule has 13 rings (SSSR count). The summed E-state index contributed by atoms with van der Waals surface area (Å²) < 4.78 is 11.3. The van der Waals surface area contributed by atoms with Gasteiger partial charge in [-0.15, -0.1) is 0 Å². The topological polar surface area (TPSA) is 48.3 Å². The van der Waals surface area contributed by atoms with Crippen LogP contribution in [-0.2, 0) is 0 Å². The van der Waals surface area contributed by atoms with Crippen LogP contribution in [0.3, 0.4) is 0 Å². The Bertz CT molecular complexity index is 3700. The van der Waals surface area contributed by atoms with Crippen molar-refractivity contribution in [3.63, 3.8) is 0 Å². The zero-order valence-electron chi connectivity index (χ0n) is 29.4. The molecule has 0 aliphatic carbocycles. The van der Waals surface area contributed by atoms with E-state index in [0.29, 0.717) is 11.4 Å². The smallest absolute Gasteiger partial charge is 0.180 e. The van der Waals surface area contributed by atoms with Crippen LogP contribution < -0.4 is 0 Å². The molecule has 0 amide bonds. The van der Waals surface area contributed by atoms with Gasteiger partial charge >= 0.3 is 0 Å². The number of rotatable bonds is 3. The van der Waals surface area contributed by atoms with Crippen molar-refractivity contribution < 1.29 is 4.42 Å². The van der Waals surface area contributed by atoms with Gasteiger partial charge in [-0.05, 0) is 71.4 Å². The summed E-state index contributed by atoms with van der Waals surface area (Å²) in [6, 6.07) is 60.5. The van der Waals surface area contributed by atoms with Crippen LogP contribution in [-0.4, -0.2) is 18.9 Å². The second-order valence-electron chi connectivity index (χ2n) is 14.5. The fourth-order valence-electron chi connectivity index (χ4n) is 9.31. The fourth-order valence-corrected chi connectivity index (χ4v) is 9.31. The van der Waals surface area contributed by atoms with Gasteiger partial charge in [0, 0.05) is 54.5 Å². The van der Waals surface area contributed by atoms with Crippen LogP contribution in [0.15, 0.2) is 174 Å². The maximum absolute atomic E-state index is 6.38. The Morgan fingerprint density at radius 1 is 0.436 bits per heavy atom. The third-order valence-corrected chi connectivity index (χ3v) is 11.6. The van der Waals surface area contributed by atoms with Crippen molar-refractivity contribution in [1.29, 1.82) is 0 Å². The molecule has 5 aromatic heterocycles. The Labute approximate surface area is 313 Å². The molecule has 0 aliphatic rings. The number of hydrogen-bond donors (Lipinski definition) is 0. The number of para-hydroxylation sites is 3. The lowest BCUT2D eigenvalue weighted by Crippen LogP contribution is -1.96. The molecule has 0 radical (unpaired) electrons. The lowest BCUT2D eigenvalue weighted by atomic mass is 9.99. The van der Waals surface area contributed by atoms with E-state index in [2.05, 4.69) is 142 Å². The number of fused-ring (bicyclic) bond motifs is 15. The van der Waals surface area contributed by atoms with Crippen LogP contribution in [0.5, 0.6) is 0 Å². The van der Waals surface area contributed by atoms with E-state index in [9.17, 15) is 0 Å². The molecule has 0 spiro atoms. The van der Waals surface area contributed by atoms with Gasteiger partial charge in [0.05, 0.1) is 27.6 Å². The number of nitrogens with zero attached hydrogens (tertiary/aromatic N) is 4. The van der Waals surface area contributed by atoms with Crippen LogP contribution in [0, 0.1) is 0 Å². The minimum Gasteiger partial charge on any atom is -0.452 e. The first-order chi connectivity index (χ1) is 27.3. The van der Waals surface area contributed by atoms with Crippen LogP contribution >= 0.6 is 0 Å². The third-order valence-electron chi connectivity index (χ3n) is 11.6. The summed E-state index contributed by atoms with van der Waals surface area (Å²) >= 11 is 0. The molecule has 254 valence electrons. The van der Waals surface area contributed by atoms with Crippen LogP contribution in [0.25, 0.3) is 121 Å². The molecule has 13 aromatic rings. The highest BCUT2D eigenvalue weighted by molar-refractivity contribution is 6.37. The molecule has 5 nitrogen and oxygen atoms in total. The van der Waals surface area contributed by atoms with Crippen molar-refractivity contribution in [2.24, 2.45) is 0 Å². The highest BCUT2D eigenvalue weighted by atomic mass is 16.3. The van der Waals surface area contributed by atoms with Crippen molar-refractivity contribution in [2.75, 3.05) is 0 Å². The van der Waals surface area contributed by atoms with E-state index >= 15 is 0 Å². The Hall–Kier alpha value is -7.50. The van der Waals surface area contributed by atoms with Gasteiger partial charge in [-0.3, -0.25) is 0 Å². The van der Waals surface area contributed by atoms with E-state index in [1.54, 1.807) is 0 Å². The molecule has 8 aromatic carbocycles. The summed E-state index contributed by atoms with van der Waals surface area (Å²) in [6.07, 6.45) is 0. The number of hydrogen-bond acceptors (Lipinski definition) is 3. The molecule has 0 saturated carbocycles. The summed E-state index contributed by atoms with van der Waals surface area (Å²) in [6.45, 7) is 0. The monoisotopic (exact) mass is 700 g/mol. The maximum Gasteiger partial charge on any atom is 0.180 e. The SMILES string of the molecule is c1ccc(-c2nc(-c3ccc(-n4c5ccccc5c5cc6c7ccccc7n7c8ccc9ccccc9c8c(c54)c67)cc3)nc3c2oc2ccccc23)cc1. The summed E-state index contributed by atoms with van der Waals surface area (Å²) in [4.78, 5) is 10.3. The second kappa shape index (κ2) is 10.6. The standard InChI is InChI=1S/C50H28N4O/c1-2-13-30(14-3-1)45-49-46(36-18-8-11-21-42(36)55-49)52-50(51-45)31-22-25-32(26-23-31)53-39-19-9-6-16-34(39)37-28-38-35-17-7-10-20-40(35)54-41-27-24-29-12-4-5-15-33(29)43(41)44(47(37)53)48(38)54/h1-28H. The highest BCUT2D eigenvalue weighted by Crippen LogP contribution is 2.48. The average Bonchev–Trinajstić information content (AvgIpc) is 3.99. The first-order valence-electron chi connectivity index (χ1n) is 18.7. The molecule has 0 fully saturated rings. The fraction of sp³-hybridized carbons (Fsp3) is 0. The Kier molecular flexibility index (Phi) is 5.57. The normalized spacial score (nSPS) is 12.4. The van der Waals surface area contributed by atoms with Crippen LogP contribution in [0.2, 0.25) is 0 Å². The van der Waals surface area contributed by atoms with Gasteiger partial charge in [-0.2, -0.15) is 0 Å². The Balaban J connectivity index is 1.11. The van der Waals surface area contributed by atoms with Gasteiger partial charge in [0.25, 0.3) is 0 Å². The first kappa shape index (κ1) is 29.0. The summed E-state index contributed by atoms with van der Waals surface area (Å²) in [7, 11) is 0. The van der Waals surface area contributed by atoms with Crippen molar-refractivity contribution >= 4 is 92.7 Å². The van der Waals surface area contributed by atoms with Crippen LogP contribution in [0.1, 0.15) is 0 Å². The van der Waals surface area contributed by atoms with E-state index < -0.39 is 0 Å². The number of aromatic nitrogens is 4. The lowest BCUT2D eigenvalue weighted by molar-refractivity contribution is 0.667. The van der Waals surface area contributed by atoms with Crippen LogP contribution in [0.4, 0.5) is 0 Å². The zero-order chi connectivity index (χ0) is 35.8. The van der Waals surface area contributed by atoms with Gasteiger partial charge in [-0.1, -0.05) is 109 Å². The molecule has 0 atom stereocenters. The second-order valence-corrected chi connectivity index (χ2v) is 14.5. The Morgan fingerprint density at radius 2 is 1.11 bits per heavy atom. The summed E-state index contributed by atoms with van der Waals surface area (Å²) in [5.74, 6) is 0.664. The quantitative estimate of drug-likeness (QED) is 0.184. The van der Waals surface area contributed by atoms with E-state index in [1.165, 1.54) is 70.7 Å². The number of furan rings is 1. The van der Waals surface area contributed by atoms with Gasteiger partial charge in [0.2, 0.25) is 0 Å². The summed E-state index contributed by atoms with van der Waals surface area (Å²) in [5, 5.41) is 11.1. The number of benzene rings is 8. The van der Waals surface area contributed by atoms with Crippen molar-refractivity contribution in [3.8, 4) is 28.3 Å². The molecule has 5 heterocycles. The van der Waals surface area contributed by atoms with E-state index in [1.807, 2.05) is 36.4 Å². The molecule has 55 heavy (non-hydrogen) atoms. The first-order valence-corrected chi connectivity index (χ1v) is 18.7. The molecule has 0 N–H and O–H groups in total. The lowest BCUT2D eigenvalue weighted by Gasteiger charge is -2.11. The maximum atomic E-state index is 6.38. The average molecular weight is 701 g/mol. The molecule has 0 bridgehead atoms. The predicted octanol–water partition coefficient (Wildman–Crippen LogP) is 13.1. The van der Waals surface area contributed by atoms with Crippen molar-refractivity contribution in [3.05, 3.63) is 170 Å². The van der Waals surface area contributed by atoms with Gasteiger partial charge in [-0.25, -0.2) is 9.97 Å². The Morgan fingerprint density at radius 3 is 1.95 bits per heavy atom. The molecule has 0 saturated heterocycles. The van der Waals surface area contributed by atoms with Crippen molar-refractivity contribution in [1.82, 2.24) is 18.9 Å². The molecule has 0 aliphatic heterocycles. The third kappa shape index (κ3) is 3.81. The summed E-state index contributed by atoms with van der Waals surface area (Å²) in [5.41, 5.74) is 12.3. The molecule has 0 unspecified atom stereocenters. The molecule has 5 heteroatoms. The van der Waals surface area contributed by atoms with Gasteiger partial charge in [0.1, 0.15) is 16.8 Å². The zero-order valence-corrected chi connectivity index (χ0v) is 29.4. The molecular formula is C50H28N4O. The highest BCUT2D eigenvalue weighted by Gasteiger charge is 2.25. The van der Waals surface area contributed by atoms with Crippen molar-refractivity contribution in [2.45, 2.75) is 0 Å². The largest absolute Gasteiger partial charge is 0.452 e. The predicted molar refractivity (Wildman–Crippen MR) is 227 cm³/mol. The van der Waals surface area contributed by atoms with Gasteiger partial charge in [0.15, 0.2) is 11.4 Å². The minimum atomic E-state index is 0.664.